The van der Waals surface area contributed by atoms with Crippen LogP contribution in [0.5, 0.6) is 11.6 Å². The highest BCUT2D eigenvalue weighted by Crippen LogP contribution is 2.33. The number of pyridine rings is 1. The highest BCUT2D eigenvalue weighted by atomic mass is 32.1. The lowest BCUT2D eigenvalue weighted by molar-refractivity contribution is 0.100. The zero-order valence-electron chi connectivity index (χ0n) is 25.3. The van der Waals surface area contributed by atoms with Crippen molar-refractivity contribution >= 4 is 39.1 Å². The van der Waals surface area contributed by atoms with E-state index in [1.807, 2.05) is 34.6 Å². The molecular formula is C30H48N4O4S. The maximum absolute atomic E-state index is 12.9. The van der Waals surface area contributed by atoms with Gasteiger partial charge in [0.1, 0.15) is 11.3 Å². The Morgan fingerprint density at radius 3 is 2.05 bits per heavy atom. The van der Waals surface area contributed by atoms with Gasteiger partial charge in [0, 0.05) is 6.07 Å². The molecule has 0 aliphatic heterocycles. The number of nitrogens with zero attached hydrogens (tertiary/aromatic N) is 2. The van der Waals surface area contributed by atoms with Crippen LogP contribution in [0.3, 0.4) is 0 Å². The molecule has 9 heteroatoms. The minimum atomic E-state index is -0.709. The molecule has 0 atom stereocenters. The van der Waals surface area contributed by atoms with Crippen LogP contribution in [0.15, 0.2) is 24.4 Å². The largest absolute Gasteiger partial charge is 0.496 e. The normalized spacial score (nSPS) is 9.67. The van der Waals surface area contributed by atoms with Crippen LogP contribution < -0.4 is 20.5 Å². The van der Waals surface area contributed by atoms with Crippen LogP contribution in [0.25, 0.3) is 10.2 Å². The van der Waals surface area contributed by atoms with E-state index in [2.05, 4.69) is 29.1 Å². The number of aromatic nitrogens is 2. The summed E-state index contributed by atoms with van der Waals surface area (Å²) in [5, 5.41) is 3.50. The van der Waals surface area contributed by atoms with Gasteiger partial charge in [-0.2, -0.15) is 0 Å². The third-order valence-electron chi connectivity index (χ3n) is 5.38. The Morgan fingerprint density at radius 1 is 0.949 bits per heavy atom. The molecule has 39 heavy (non-hydrogen) atoms. The Balaban J connectivity index is 0.000000940. The average molecular weight is 561 g/mol. The first kappa shape index (κ1) is 35.8. The van der Waals surface area contributed by atoms with Gasteiger partial charge < -0.3 is 20.5 Å². The Labute approximate surface area is 238 Å². The molecule has 8 nitrogen and oxygen atoms in total. The number of amides is 2. The van der Waals surface area contributed by atoms with Gasteiger partial charge in [-0.1, -0.05) is 86.5 Å². The summed E-state index contributed by atoms with van der Waals surface area (Å²) in [7, 11) is 2.90. The van der Waals surface area contributed by atoms with Crippen molar-refractivity contribution in [3.05, 3.63) is 40.5 Å². The second kappa shape index (κ2) is 20.7. The molecule has 0 unspecified atom stereocenters. The minimum absolute atomic E-state index is 0.0943. The maximum atomic E-state index is 12.9. The number of anilines is 1. The molecule has 2 heterocycles. The van der Waals surface area contributed by atoms with Crippen LogP contribution in [0.1, 0.15) is 112 Å². The number of hydrogen-bond donors (Lipinski definition) is 2. The highest BCUT2D eigenvalue weighted by molar-refractivity contribution is 7.19. The fraction of sp³-hybridized carbons (Fsp3) is 0.533. The molecule has 3 rings (SSSR count). The molecule has 0 aliphatic rings. The van der Waals surface area contributed by atoms with Crippen molar-refractivity contribution in [2.75, 3.05) is 19.5 Å². The molecule has 0 saturated carbocycles. The summed E-state index contributed by atoms with van der Waals surface area (Å²) in [6.07, 6.45) is 11.3. The molecule has 0 bridgehead atoms. The number of unbranched alkanes of at least 4 members (excludes halogenated alkanes) is 6. The molecule has 0 spiro atoms. The van der Waals surface area contributed by atoms with Gasteiger partial charge in [0.25, 0.3) is 11.8 Å². The van der Waals surface area contributed by atoms with E-state index < -0.39 is 11.8 Å². The second-order valence-electron chi connectivity index (χ2n) is 8.08. The quantitative estimate of drug-likeness (QED) is 0.228. The molecule has 0 aliphatic carbocycles. The van der Waals surface area contributed by atoms with Crippen molar-refractivity contribution < 1.29 is 19.1 Å². The number of primary amides is 1. The van der Waals surface area contributed by atoms with E-state index in [4.69, 9.17) is 15.2 Å². The Morgan fingerprint density at radius 2 is 1.54 bits per heavy atom. The number of carbonyl (C=O) groups excluding carboxylic acids is 2. The third-order valence-corrected chi connectivity index (χ3v) is 6.39. The van der Waals surface area contributed by atoms with Crippen molar-refractivity contribution in [3.8, 4) is 11.6 Å². The zero-order chi connectivity index (χ0) is 29.8. The van der Waals surface area contributed by atoms with Crippen molar-refractivity contribution in [2.24, 2.45) is 5.73 Å². The van der Waals surface area contributed by atoms with E-state index in [0.717, 1.165) is 5.01 Å². The van der Waals surface area contributed by atoms with Crippen molar-refractivity contribution in [1.82, 2.24) is 9.97 Å². The average Bonchev–Trinajstić information content (AvgIpc) is 3.35. The zero-order valence-corrected chi connectivity index (χ0v) is 26.1. The number of aryl methyl sites for hydroxylation is 1. The molecule has 3 aromatic rings. The molecule has 0 saturated heterocycles. The van der Waals surface area contributed by atoms with Crippen LogP contribution >= 0.6 is 11.3 Å². The molecule has 2 aromatic heterocycles. The van der Waals surface area contributed by atoms with Gasteiger partial charge in [-0.05, 0) is 19.1 Å². The minimum Gasteiger partial charge on any atom is -0.496 e. The van der Waals surface area contributed by atoms with Gasteiger partial charge in [0.2, 0.25) is 5.88 Å². The van der Waals surface area contributed by atoms with Crippen LogP contribution in [-0.2, 0) is 0 Å². The summed E-state index contributed by atoms with van der Waals surface area (Å²) in [5.74, 6) is -0.541. The van der Waals surface area contributed by atoms with Gasteiger partial charge in [-0.15, -0.1) is 11.3 Å². The van der Waals surface area contributed by atoms with E-state index in [9.17, 15) is 9.59 Å². The number of rotatable bonds is 11. The van der Waals surface area contributed by atoms with Crippen molar-refractivity contribution in [3.63, 3.8) is 0 Å². The fourth-order valence-corrected chi connectivity index (χ4v) is 4.49. The number of carbonyl (C=O) groups is 2. The lowest BCUT2D eigenvalue weighted by atomic mass is 10.1. The first-order valence-corrected chi connectivity index (χ1v) is 14.8. The van der Waals surface area contributed by atoms with Crippen LogP contribution in [0, 0.1) is 6.92 Å². The predicted octanol–water partition coefficient (Wildman–Crippen LogP) is 8.18. The smallest absolute Gasteiger partial charge is 0.261 e. The number of ether oxygens (including phenoxy) is 2. The van der Waals surface area contributed by atoms with Crippen molar-refractivity contribution in [2.45, 2.75) is 93.4 Å². The first-order chi connectivity index (χ1) is 18.9. The van der Waals surface area contributed by atoms with Crippen LogP contribution in [-0.4, -0.2) is 36.0 Å². The monoisotopic (exact) mass is 560 g/mol. The molecule has 2 amide bonds. The first-order valence-electron chi connectivity index (χ1n) is 13.9. The molecule has 218 valence electrons. The van der Waals surface area contributed by atoms with E-state index >= 15 is 0 Å². The number of thiazole rings is 1. The van der Waals surface area contributed by atoms with Crippen LogP contribution in [0.4, 0.5) is 5.69 Å². The highest BCUT2D eigenvalue weighted by Gasteiger charge is 2.21. The summed E-state index contributed by atoms with van der Waals surface area (Å²) >= 11 is 1.38. The summed E-state index contributed by atoms with van der Waals surface area (Å²) in [5.41, 5.74) is 6.71. The Hall–Kier alpha value is -3.20. The Bertz CT molecular complexity index is 1130. The van der Waals surface area contributed by atoms with E-state index in [1.54, 1.807) is 12.1 Å². The summed E-state index contributed by atoms with van der Waals surface area (Å²) < 4.78 is 11.0. The van der Waals surface area contributed by atoms with E-state index in [1.165, 1.54) is 82.8 Å². The lowest BCUT2D eigenvalue weighted by Crippen LogP contribution is -2.19. The standard InChI is InChI=1S/C17H16N4O4S.C9H20.2C2H6/c1-8-20-10-4-5-12(24-2)14(15(10)26-8)17(23)21-11-7-19-13(25-3)6-9(11)16(18)22;1-3-5-7-9-8-6-4-2;2*1-2/h4-7H,1-3H3,(H2,18,22)(H,21,23);3-9H2,1-2H3;2*1-2H3. The number of benzene rings is 1. The fourth-order valence-electron chi connectivity index (χ4n) is 3.54. The maximum Gasteiger partial charge on any atom is 0.261 e. The molecular weight excluding hydrogens is 512 g/mol. The summed E-state index contributed by atoms with van der Waals surface area (Å²) in [6.45, 7) is 14.4. The van der Waals surface area contributed by atoms with E-state index in [-0.39, 0.29) is 17.1 Å². The number of nitrogens with two attached hydrogens (primary N) is 1. The van der Waals surface area contributed by atoms with Gasteiger partial charge in [-0.3, -0.25) is 9.59 Å². The SMILES string of the molecule is CC.CC.CCCCCCCCC.COc1cc(C(N)=O)c(NC(=O)c2c(OC)ccc3nc(C)sc23)cn1. The van der Waals surface area contributed by atoms with Gasteiger partial charge in [-0.25, -0.2) is 9.97 Å². The molecule has 0 fully saturated rings. The molecule has 1 aromatic carbocycles. The lowest BCUT2D eigenvalue weighted by Gasteiger charge is -2.12. The number of methoxy groups -OCH3 is 2. The van der Waals surface area contributed by atoms with Gasteiger partial charge in [0.05, 0.1) is 46.9 Å². The predicted molar refractivity (Wildman–Crippen MR) is 165 cm³/mol. The molecule has 3 N–H and O–H groups in total. The van der Waals surface area contributed by atoms with Crippen molar-refractivity contribution in [1.29, 1.82) is 0 Å². The Kier molecular flexibility index (Phi) is 19.0. The third kappa shape index (κ3) is 11.6. The van der Waals surface area contributed by atoms with Crippen LogP contribution in [0.2, 0.25) is 0 Å². The number of fused-ring (bicyclic) bond motifs is 1. The second-order valence-corrected chi connectivity index (χ2v) is 9.29. The van der Waals surface area contributed by atoms with E-state index in [0.29, 0.717) is 21.5 Å². The number of nitrogens with one attached hydrogen (secondary N) is 1. The summed E-state index contributed by atoms with van der Waals surface area (Å²) in [4.78, 5) is 33.0. The summed E-state index contributed by atoms with van der Waals surface area (Å²) in [6, 6.07) is 4.84. The van der Waals surface area contributed by atoms with Gasteiger partial charge >= 0.3 is 0 Å². The van der Waals surface area contributed by atoms with Gasteiger partial charge in [0.15, 0.2) is 0 Å². The molecule has 0 radical (unpaired) electrons. The number of hydrogen-bond acceptors (Lipinski definition) is 7. The topological polar surface area (TPSA) is 116 Å².